The number of hydrogen-bond donors (Lipinski definition) is 6. The van der Waals surface area contributed by atoms with Crippen LogP contribution in [0.5, 0.6) is 0 Å². The first-order valence-corrected chi connectivity index (χ1v) is 13.4. The summed E-state index contributed by atoms with van der Waals surface area (Å²) in [6.45, 7) is 1.04. The third-order valence-electron chi connectivity index (χ3n) is 5.41. The molecular weight excluding hydrogens is 567 g/mol. The molecule has 0 aliphatic carbocycles. The van der Waals surface area contributed by atoms with E-state index < -0.39 is 19.9 Å². The summed E-state index contributed by atoms with van der Waals surface area (Å²) >= 11 is 0. The summed E-state index contributed by atoms with van der Waals surface area (Å²) in [6, 6.07) is 1.28. The largest absolute Gasteiger partial charge is 0.400 e. The number of nitrogens with zero attached hydrogens (tertiary/aromatic N) is 3. The molecule has 234 valence electrons. The number of aliphatic hydroxyl groups excluding tert-OH is 1. The maximum Gasteiger partial charge on any atom is 0.330 e. The average Bonchev–Trinajstić information content (AvgIpc) is 3.63. The molecule has 0 aromatic carbocycles. The number of rotatable bonds is 11. The number of carbonyl (C=O) groups is 2. The number of aromatic nitrogens is 2. The van der Waals surface area contributed by atoms with E-state index in [9.17, 15) is 19.2 Å². The Hall–Kier alpha value is -3.02. The smallest absolute Gasteiger partial charge is 0.330 e. The maximum atomic E-state index is 11.5. The summed E-state index contributed by atoms with van der Waals surface area (Å²) in [4.78, 5) is 65.6. The quantitative estimate of drug-likeness (QED) is 0.0727. The molecule has 0 radical (unpaired) electrons. The number of carbonyl (C=O) groups excluding carboxylic acids is 2. The molecule has 1 aromatic rings. The van der Waals surface area contributed by atoms with Crippen LogP contribution in [0.25, 0.3) is 0 Å². The number of H-pyrrole nitrogens is 1. The Morgan fingerprint density at radius 1 is 1.22 bits per heavy atom. The van der Waals surface area contributed by atoms with E-state index in [0.29, 0.717) is 32.4 Å². The predicted octanol–water partition coefficient (Wildman–Crippen LogP) is -1.49. The van der Waals surface area contributed by atoms with Crippen molar-refractivity contribution in [2.45, 2.75) is 50.3 Å². The van der Waals surface area contributed by atoms with Gasteiger partial charge >= 0.3 is 14.3 Å². The van der Waals surface area contributed by atoms with Crippen molar-refractivity contribution in [1.82, 2.24) is 19.8 Å². The molecule has 0 saturated carbocycles. The van der Waals surface area contributed by atoms with Crippen molar-refractivity contribution in [3.8, 4) is 0 Å². The first kappa shape index (κ1) is 38.0. The van der Waals surface area contributed by atoms with Crippen LogP contribution in [0, 0.1) is 0 Å². The van der Waals surface area contributed by atoms with E-state index in [4.69, 9.17) is 34.8 Å². The molecule has 3 rings (SSSR count). The van der Waals surface area contributed by atoms with E-state index in [1.807, 2.05) is 11.9 Å². The molecule has 2 aliphatic rings. The van der Waals surface area contributed by atoms with Crippen molar-refractivity contribution >= 4 is 27.3 Å². The standard InChI is InChI=1S/C11H19N3O3.C10H13N3O4.CH5O3P.CH4O/c1-14(6-5-10(12)13-8-15)11-4-3-9(17-11)7-16-2;14-6-11-5-7-1-2-9(17-7)13-4-3-8(15)12-10(13)16;1-4-5(2)3;1-2/h5-6,8-9,11H,3-4,7H2,1-2H3,(H2,12,13,15);3-4,6-7,9H,1-2,5H2,(H,11,14)(H,12,15,16);2-3H,1H3;2H,1H3/b6-5-;;;. The van der Waals surface area contributed by atoms with Crippen LogP contribution < -0.4 is 22.3 Å². The minimum atomic E-state index is -2.10. The molecular formula is C23H41N6O11P. The summed E-state index contributed by atoms with van der Waals surface area (Å²) in [7, 11) is 3.69. The number of amidine groups is 1. The summed E-state index contributed by atoms with van der Waals surface area (Å²) < 4.78 is 21.7. The summed E-state index contributed by atoms with van der Waals surface area (Å²) in [5.74, 6) is 0.179. The molecule has 0 bridgehead atoms. The zero-order valence-electron chi connectivity index (χ0n) is 23.5. The highest BCUT2D eigenvalue weighted by molar-refractivity contribution is 7.39. The van der Waals surface area contributed by atoms with Crippen LogP contribution in [0.2, 0.25) is 0 Å². The molecule has 7 N–H and O–H groups in total. The highest BCUT2D eigenvalue weighted by Crippen LogP contribution is 2.26. The van der Waals surface area contributed by atoms with Crippen LogP contribution >= 0.6 is 8.60 Å². The molecule has 3 heterocycles. The van der Waals surface area contributed by atoms with Crippen LogP contribution in [-0.4, -0.2) is 108 Å². The lowest BCUT2D eigenvalue weighted by Gasteiger charge is -2.22. The van der Waals surface area contributed by atoms with Crippen LogP contribution in [0.4, 0.5) is 0 Å². The molecule has 4 atom stereocenters. The van der Waals surface area contributed by atoms with Gasteiger partial charge in [0.25, 0.3) is 5.56 Å². The normalized spacial score (nSPS) is 21.6. The summed E-state index contributed by atoms with van der Waals surface area (Å²) in [5.41, 5.74) is 4.54. The molecule has 1 aromatic heterocycles. The Morgan fingerprint density at radius 2 is 1.88 bits per heavy atom. The number of hydrogen-bond acceptors (Lipinski definition) is 12. The molecule has 0 spiro atoms. The van der Waals surface area contributed by atoms with Gasteiger partial charge in [0.05, 0.1) is 18.8 Å². The zero-order valence-corrected chi connectivity index (χ0v) is 24.4. The second-order valence-corrected chi connectivity index (χ2v) is 9.03. The Kier molecular flexibility index (Phi) is 21.0. The number of nitrogens with one attached hydrogen (secondary N) is 2. The SMILES string of the molecule is CO.COCC1CCC(N(C)/C=C\C(N)=NC=O)O1.COP(O)O.O=CNCC1CCC(n2ccc(=O)[nH]c2=O)O1. The number of nitrogens with two attached hydrogens (primary N) is 1. The van der Waals surface area contributed by atoms with Gasteiger partial charge in [0.15, 0.2) is 0 Å². The van der Waals surface area contributed by atoms with Crippen LogP contribution in [0.1, 0.15) is 31.9 Å². The van der Waals surface area contributed by atoms with Gasteiger partial charge in [-0.15, -0.1) is 0 Å². The van der Waals surface area contributed by atoms with Gasteiger partial charge in [-0.25, -0.2) is 4.79 Å². The fraction of sp³-hybridized carbons (Fsp3) is 0.609. The molecule has 2 amide bonds. The highest BCUT2D eigenvalue weighted by atomic mass is 31.2. The Bertz CT molecular complexity index is 1040. The van der Waals surface area contributed by atoms with Crippen molar-refractivity contribution < 1.29 is 43.2 Å². The van der Waals surface area contributed by atoms with Crippen molar-refractivity contribution in [2.24, 2.45) is 10.7 Å². The number of amides is 2. The number of methoxy groups -OCH3 is 1. The lowest BCUT2D eigenvalue weighted by Crippen LogP contribution is -2.32. The van der Waals surface area contributed by atoms with Crippen molar-refractivity contribution in [3.63, 3.8) is 0 Å². The topological polar surface area (TPSA) is 240 Å². The monoisotopic (exact) mass is 608 g/mol. The first-order chi connectivity index (χ1) is 19.6. The lowest BCUT2D eigenvalue weighted by molar-refractivity contribution is -0.110. The molecule has 2 fully saturated rings. The van der Waals surface area contributed by atoms with Crippen LogP contribution in [0.15, 0.2) is 39.1 Å². The Morgan fingerprint density at radius 3 is 2.44 bits per heavy atom. The van der Waals surface area contributed by atoms with Crippen molar-refractivity contribution in [3.05, 3.63) is 45.4 Å². The van der Waals surface area contributed by atoms with E-state index in [0.717, 1.165) is 26.4 Å². The summed E-state index contributed by atoms with van der Waals surface area (Å²) in [5, 5.41) is 9.54. The lowest BCUT2D eigenvalue weighted by atomic mass is 10.2. The van der Waals surface area contributed by atoms with Gasteiger partial charge in [-0.1, -0.05) is 0 Å². The van der Waals surface area contributed by atoms with E-state index in [1.54, 1.807) is 19.4 Å². The molecule has 17 nitrogen and oxygen atoms in total. The van der Waals surface area contributed by atoms with Gasteiger partial charge in [0.1, 0.15) is 18.3 Å². The molecule has 2 aliphatic heterocycles. The van der Waals surface area contributed by atoms with Crippen LogP contribution in [-0.2, 0) is 28.3 Å². The van der Waals surface area contributed by atoms with Crippen LogP contribution in [0.3, 0.4) is 0 Å². The Balaban J connectivity index is 0.000000638. The minimum absolute atomic E-state index is 0.0235. The second-order valence-electron chi connectivity index (χ2n) is 8.15. The minimum Gasteiger partial charge on any atom is -0.400 e. The maximum absolute atomic E-state index is 11.5. The van der Waals surface area contributed by atoms with E-state index in [-0.39, 0.29) is 30.5 Å². The van der Waals surface area contributed by atoms with Crippen molar-refractivity contribution in [1.29, 1.82) is 0 Å². The van der Waals surface area contributed by atoms with E-state index in [1.165, 1.54) is 23.9 Å². The van der Waals surface area contributed by atoms with E-state index in [2.05, 4.69) is 19.8 Å². The third-order valence-corrected chi connectivity index (χ3v) is 5.74. The van der Waals surface area contributed by atoms with Gasteiger partial charge in [-0.3, -0.25) is 23.9 Å². The molecule has 18 heteroatoms. The third kappa shape index (κ3) is 16.1. The highest BCUT2D eigenvalue weighted by Gasteiger charge is 2.27. The van der Waals surface area contributed by atoms with Gasteiger partial charge in [0, 0.05) is 53.4 Å². The second kappa shape index (κ2) is 22.6. The molecule has 41 heavy (non-hydrogen) atoms. The summed E-state index contributed by atoms with van der Waals surface area (Å²) in [6.07, 6.45) is 8.84. The number of aliphatic imine (C=N–C) groups is 1. The zero-order chi connectivity index (χ0) is 31.2. The fourth-order valence-corrected chi connectivity index (χ4v) is 3.56. The van der Waals surface area contributed by atoms with Gasteiger partial charge in [-0.05, 0) is 31.8 Å². The number of aromatic amines is 1. The predicted molar refractivity (Wildman–Crippen MR) is 149 cm³/mol. The van der Waals surface area contributed by atoms with Gasteiger partial charge < -0.3 is 49.6 Å². The van der Waals surface area contributed by atoms with Crippen molar-refractivity contribution in [2.75, 3.05) is 41.5 Å². The van der Waals surface area contributed by atoms with Gasteiger partial charge in [0.2, 0.25) is 12.8 Å². The Labute approximate surface area is 238 Å². The van der Waals surface area contributed by atoms with Gasteiger partial charge in [-0.2, -0.15) is 4.99 Å². The van der Waals surface area contributed by atoms with E-state index >= 15 is 0 Å². The molecule has 4 unspecified atom stereocenters. The average molecular weight is 609 g/mol. The number of ether oxygens (including phenoxy) is 3. The number of aliphatic hydroxyl groups is 1. The molecule has 2 saturated heterocycles. The first-order valence-electron chi connectivity index (χ1n) is 12.3. The fourth-order valence-electron chi connectivity index (χ4n) is 3.56.